The molecule has 20 heavy (non-hydrogen) atoms. The number of hydrogen-bond donors (Lipinski definition) is 3. The van der Waals surface area contributed by atoms with Gasteiger partial charge in [-0.05, 0) is 37.0 Å². The van der Waals surface area contributed by atoms with Gasteiger partial charge in [-0.3, -0.25) is 4.79 Å². The summed E-state index contributed by atoms with van der Waals surface area (Å²) < 4.78 is 5.47. The molecule has 2 unspecified atom stereocenters. The summed E-state index contributed by atoms with van der Waals surface area (Å²) in [5.41, 5.74) is 6.99. The van der Waals surface area contributed by atoms with Crippen molar-refractivity contribution in [3.05, 3.63) is 29.8 Å². The molecule has 2 atom stereocenters. The van der Waals surface area contributed by atoms with Gasteiger partial charge in [0, 0.05) is 25.3 Å². The second kappa shape index (κ2) is 7.26. The molecule has 0 aliphatic carbocycles. The summed E-state index contributed by atoms with van der Waals surface area (Å²) >= 11 is 0. The molecule has 4 N–H and O–H groups in total. The first kappa shape index (κ1) is 14.8. The predicted molar refractivity (Wildman–Crippen MR) is 77.0 cm³/mol. The van der Waals surface area contributed by atoms with Gasteiger partial charge in [-0.1, -0.05) is 12.1 Å². The van der Waals surface area contributed by atoms with Gasteiger partial charge < -0.3 is 20.9 Å². The number of nitrogens with one attached hydrogen (secondary N) is 1. The second-order valence-electron chi connectivity index (χ2n) is 5.16. The zero-order valence-electron chi connectivity index (χ0n) is 11.5. The van der Waals surface area contributed by atoms with Crippen LogP contribution >= 0.6 is 0 Å². The van der Waals surface area contributed by atoms with Crippen LogP contribution in [0.5, 0.6) is 0 Å². The molecule has 1 heterocycles. The Morgan fingerprint density at radius 2 is 2.20 bits per heavy atom. The van der Waals surface area contributed by atoms with Crippen molar-refractivity contribution < 1.29 is 14.6 Å². The van der Waals surface area contributed by atoms with Crippen LogP contribution in [0.2, 0.25) is 0 Å². The number of nitrogens with two attached hydrogens (primary N) is 1. The number of aliphatic hydroxyl groups is 1. The van der Waals surface area contributed by atoms with Gasteiger partial charge in [0.1, 0.15) is 0 Å². The summed E-state index contributed by atoms with van der Waals surface area (Å²) in [5.74, 6) is -0.0463. The molecule has 0 radical (unpaired) electrons. The molecule has 1 fully saturated rings. The fourth-order valence-corrected chi connectivity index (χ4v) is 2.30. The molecular weight excluding hydrogens is 256 g/mol. The third kappa shape index (κ3) is 4.51. The van der Waals surface area contributed by atoms with Crippen LogP contribution in [0.4, 0.5) is 5.69 Å². The highest BCUT2D eigenvalue weighted by molar-refractivity contribution is 5.75. The Morgan fingerprint density at radius 3 is 2.85 bits per heavy atom. The van der Waals surface area contributed by atoms with E-state index in [2.05, 4.69) is 5.32 Å². The maximum atomic E-state index is 11.7. The van der Waals surface area contributed by atoms with E-state index < -0.39 is 6.10 Å². The van der Waals surface area contributed by atoms with Gasteiger partial charge in [0.15, 0.2) is 0 Å². The van der Waals surface area contributed by atoms with Crippen LogP contribution in [0.25, 0.3) is 0 Å². The minimum Gasteiger partial charge on any atom is -0.399 e. The van der Waals surface area contributed by atoms with E-state index in [1.807, 2.05) is 0 Å². The third-order valence-corrected chi connectivity index (χ3v) is 3.53. The zero-order valence-corrected chi connectivity index (χ0v) is 11.5. The Kier molecular flexibility index (Phi) is 5.38. The number of carbonyl (C=O) groups is 1. The number of aliphatic hydroxyl groups excluding tert-OH is 1. The first-order chi connectivity index (χ1) is 9.65. The summed E-state index contributed by atoms with van der Waals surface area (Å²) in [6, 6.07) is 6.99. The zero-order chi connectivity index (χ0) is 14.4. The smallest absolute Gasteiger partial charge is 0.220 e. The van der Waals surface area contributed by atoms with E-state index in [9.17, 15) is 9.90 Å². The number of carbonyl (C=O) groups excluding carboxylic acids is 1. The molecule has 0 spiro atoms. The van der Waals surface area contributed by atoms with Gasteiger partial charge in [0.25, 0.3) is 0 Å². The molecule has 0 aromatic heterocycles. The van der Waals surface area contributed by atoms with E-state index >= 15 is 0 Å². The highest BCUT2D eigenvalue weighted by atomic mass is 16.5. The molecule has 1 aromatic rings. The molecule has 1 aromatic carbocycles. The molecule has 1 aliphatic heterocycles. The quantitative estimate of drug-likeness (QED) is 0.686. The molecule has 0 bridgehead atoms. The van der Waals surface area contributed by atoms with Crippen molar-refractivity contribution >= 4 is 11.6 Å². The Hall–Kier alpha value is -1.59. The lowest BCUT2D eigenvalue weighted by Gasteiger charge is -2.13. The van der Waals surface area contributed by atoms with Gasteiger partial charge in [0.2, 0.25) is 5.91 Å². The van der Waals surface area contributed by atoms with Gasteiger partial charge in [-0.15, -0.1) is 0 Å². The summed E-state index contributed by atoms with van der Waals surface area (Å²) in [4.78, 5) is 11.7. The maximum Gasteiger partial charge on any atom is 0.220 e. The molecule has 1 amide bonds. The van der Waals surface area contributed by atoms with E-state index in [0.717, 1.165) is 31.4 Å². The summed E-state index contributed by atoms with van der Waals surface area (Å²) in [6.45, 7) is 1.02. The van der Waals surface area contributed by atoms with Crippen LogP contribution < -0.4 is 11.1 Å². The van der Waals surface area contributed by atoms with Crippen molar-refractivity contribution in [3.63, 3.8) is 0 Å². The molecular formula is C15H22N2O3. The number of amides is 1. The summed E-state index contributed by atoms with van der Waals surface area (Å²) in [6.07, 6.45) is 2.84. The minimum atomic E-state index is -0.706. The molecule has 5 nitrogen and oxygen atoms in total. The number of anilines is 1. The van der Waals surface area contributed by atoms with Crippen LogP contribution in [0.15, 0.2) is 24.3 Å². The van der Waals surface area contributed by atoms with Gasteiger partial charge >= 0.3 is 0 Å². The van der Waals surface area contributed by atoms with E-state index in [4.69, 9.17) is 10.5 Å². The first-order valence-corrected chi connectivity index (χ1v) is 7.07. The lowest BCUT2D eigenvalue weighted by molar-refractivity contribution is -0.122. The number of benzene rings is 1. The van der Waals surface area contributed by atoms with Crippen molar-refractivity contribution in [2.24, 2.45) is 0 Å². The average Bonchev–Trinajstić information content (AvgIpc) is 2.96. The van der Waals surface area contributed by atoms with Crippen molar-refractivity contribution in [3.8, 4) is 0 Å². The van der Waals surface area contributed by atoms with Crippen LogP contribution in [-0.2, 0) is 9.53 Å². The topological polar surface area (TPSA) is 84.6 Å². The van der Waals surface area contributed by atoms with Crippen molar-refractivity contribution in [2.75, 3.05) is 18.9 Å². The summed E-state index contributed by atoms with van der Waals surface area (Å²) in [7, 11) is 0. The lowest BCUT2D eigenvalue weighted by atomic mass is 10.1. The lowest BCUT2D eigenvalue weighted by Crippen LogP contribution is -2.28. The van der Waals surface area contributed by atoms with Crippen molar-refractivity contribution in [1.29, 1.82) is 0 Å². The first-order valence-electron chi connectivity index (χ1n) is 7.07. The van der Waals surface area contributed by atoms with Gasteiger partial charge in [-0.25, -0.2) is 0 Å². The SMILES string of the molecule is Nc1ccc(C(O)CNC(=O)CCC2CCCO2)cc1. The monoisotopic (exact) mass is 278 g/mol. The average molecular weight is 278 g/mol. The predicted octanol–water partition coefficient (Wildman–Crippen LogP) is 1.38. The van der Waals surface area contributed by atoms with Crippen LogP contribution in [0, 0.1) is 0 Å². The van der Waals surface area contributed by atoms with Crippen LogP contribution in [0.3, 0.4) is 0 Å². The van der Waals surface area contributed by atoms with Crippen molar-refractivity contribution in [2.45, 2.75) is 37.9 Å². The van der Waals surface area contributed by atoms with Crippen LogP contribution in [-0.4, -0.2) is 30.3 Å². The van der Waals surface area contributed by atoms with E-state index in [0.29, 0.717) is 12.1 Å². The fourth-order valence-electron chi connectivity index (χ4n) is 2.30. The number of hydrogen-bond acceptors (Lipinski definition) is 4. The Balaban J connectivity index is 1.68. The third-order valence-electron chi connectivity index (χ3n) is 3.53. The molecule has 1 saturated heterocycles. The molecule has 1 aliphatic rings. The van der Waals surface area contributed by atoms with E-state index in [1.165, 1.54) is 0 Å². The van der Waals surface area contributed by atoms with E-state index in [1.54, 1.807) is 24.3 Å². The van der Waals surface area contributed by atoms with Gasteiger partial charge in [-0.2, -0.15) is 0 Å². The summed E-state index contributed by atoms with van der Waals surface area (Å²) in [5, 5.41) is 12.7. The number of rotatable bonds is 6. The van der Waals surface area contributed by atoms with Crippen molar-refractivity contribution in [1.82, 2.24) is 5.32 Å². The normalized spacial score (nSPS) is 19.8. The number of nitrogen functional groups attached to an aromatic ring is 1. The Labute approximate surface area is 119 Å². The molecule has 0 saturated carbocycles. The van der Waals surface area contributed by atoms with Gasteiger partial charge in [0.05, 0.1) is 12.2 Å². The van der Waals surface area contributed by atoms with Crippen LogP contribution in [0.1, 0.15) is 37.4 Å². The Bertz CT molecular complexity index is 427. The second-order valence-corrected chi connectivity index (χ2v) is 5.16. The number of ether oxygens (including phenoxy) is 1. The highest BCUT2D eigenvalue weighted by Crippen LogP contribution is 2.17. The standard InChI is InChI=1S/C15H22N2O3/c16-12-5-3-11(4-6-12)14(18)10-17-15(19)8-7-13-2-1-9-20-13/h3-6,13-14,18H,1-2,7-10,16H2,(H,17,19). The molecule has 110 valence electrons. The minimum absolute atomic E-state index is 0.0463. The molecule has 5 heteroatoms. The largest absolute Gasteiger partial charge is 0.399 e. The molecule has 2 rings (SSSR count). The maximum absolute atomic E-state index is 11.7. The Morgan fingerprint density at radius 1 is 1.45 bits per heavy atom. The fraction of sp³-hybridized carbons (Fsp3) is 0.533. The van der Waals surface area contributed by atoms with E-state index in [-0.39, 0.29) is 18.6 Å². The highest BCUT2D eigenvalue weighted by Gasteiger charge is 2.17.